The minimum absolute atomic E-state index is 0.122. The second-order valence-corrected chi connectivity index (χ2v) is 11.1. The number of benzene rings is 2. The summed E-state index contributed by atoms with van der Waals surface area (Å²) in [6, 6.07) is 10.7. The molecule has 1 saturated heterocycles. The molecule has 4 aliphatic rings. The fourth-order valence-corrected chi connectivity index (χ4v) is 5.64. The molecule has 2 aromatic carbocycles. The molecule has 4 fully saturated rings. The number of hydrogen-bond donors (Lipinski definition) is 1. The largest absolute Gasteiger partial charge is 0.303 e. The van der Waals surface area contributed by atoms with Crippen LogP contribution < -0.4 is 4.72 Å². The molecule has 2 aromatic rings. The Morgan fingerprint density at radius 1 is 1.14 bits per heavy atom. The van der Waals surface area contributed by atoms with Gasteiger partial charge in [0.2, 0.25) is 0 Å². The third-order valence-electron chi connectivity index (χ3n) is 7.35. The molecule has 3 atom stereocenters. The number of likely N-dealkylation sites (tertiary alicyclic amines) is 1. The van der Waals surface area contributed by atoms with E-state index in [0.29, 0.717) is 34.9 Å². The van der Waals surface area contributed by atoms with Gasteiger partial charge in [0.1, 0.15) is 24.1 Å². The van der Waals surface area contributed by atoms with Crippen molar-refractivity contribution in [1.29, 1.82) is 0 Å². The van der Waals surface area contributed by atoms with Gasteiger partial charge in [-0.1, -0.05) is 56.1 Å². The van der Waals surface area contributed by atoms with Gasteiger partial charge in [-0.2, -0.15) is 0 Å². The summed E-state index contributed by atoms with van der Waals surface area (Å²) in [5.41, 5.74) is 1.70. The number of carbonyl (C=O) groups excluding carboxylic acids is 1. The lowest BCUT2D eigenvalue weighted by molar-refractivity contribution is -0.110. The average Bonchev–Trinajstić information content (AvgIpc) is 3.75. The van der Waals surface area contributed by atoms with E-state index in [9.17, 15) is 13.6 Å². The van der Waals surface area contributed by atoms with E-state index in [0.717, 1.165) is 12.2 Å². The van der Waals surface area contributed by atoms with Crippen LogP contribution in [0, 0.1) is 23.0 Å². The number of fused-ring (bicyclic) bond motifs is 1. The van der Waals surface area contributed by atoms with Crippen molar-refractivity contribution in [1.82, 2.24) is 9.62 Å². The number of hydrogen-bond acceptors (Lipinski definition) is 4. The Hall–Kier alpha value is -1.83. The fourth-order valence-electron chi connectivity index (χ4n) is 4.61. The summed E-state index contributed by atoms with van der Waals surface area (Å²) in [7, 11) is 1.88. The molecule has 0 bridgehead atoms. The van der Waals surface area contributed by atoms with Gasteiger partial charge in [-0.15, -0.1) is 0 Å². The minimum Gasteiger partial charge on any atom is -0.303 e. The van der Waals surface area contributed by atoms with Gasteiger partial charge in [-0.3, -0.25) is 9.62 Å². The first-order chi connectivity index (χ1) is 16.9. The minimum atomic E-state index is -0.972. The lowest BCUT2D eigenvalue weighted by atomic mass is 9.96. The van der Waals surface area contributed by atoms with E-state index in [-0.39, 0.29) is 23.3 Å². The van der Waals surface area contributed by atoms with Gasteiger partial charge >= 0.3 is 0 Å². The molecule has 3 aliphatic carbocycles. The van der Waals surface area contributed by atoms with Gasteiger partial charge in [0.15, 0.2) is 0 Å². The van der Waals surface area contributed by atoms with Gasteiger partial charge in [-0.05, 0) is 68.3 Å². The lowest BCUT2D eigenvalue weighted by Gasteiger charge is -2.26. The first-order valence-electron chi connectivity index (χ1n) is 12.7. The third kappa shape index (κ3) is 6.12. The van der Waals surface area contributed by atoms with E-state index in [2.05, 4.69) is 4.72 Å². The van der Waals surface area contributed by atoms with Crippen molar-refractivity contribution >= 4 is 18.2 Å². The summed E-state index contributed by atoms with van der Waals surface area (Å²) in [4.78, 5) is 11.9. The SMILES string of the molecule is CC.CN1CC(F)C(NSC2CC2)C1Cc1cccc(-c2cccc(F)c2)c1F.O=CC12CC1C2. The first kappa shape index (κ1) is 26.2. The molecular weight excluding hydrogens is 469 g/mol. The highest BCUT2D eigenvalue weighted by molar-refractivity contribution is 7.98. The van der Waals surface area contributed by atoms with Crippen molar-refractivity contribution in [3.8, 4) is 11.1 Å². The fraction of sp³-hybridized carbons (Fsp3) is 0.536. The maximum atomic E-state index is 15.2. The Bertz CT molecular complexity index is 1030. The summed E-state index contributed by atoms with van der Waals surface area (Å²) < 4.78 is 46.5. The lowest BCUT2D eigenvalue weighted by Crippen LogP contribution is -2.43. The zero-order chi connectivity index (χ0) is 25.2. The van der Waals surface area contributed by atoms with Crippen LogP contribution in [-0.2, 0) is 11.2 Å². The maximum Gasteiger partial charge on any atom is 0.134 e. The Morgan fingerprint density at radius 2 is 1.83 bits per heavy atom. The normalized spacial score (nSPS) is 30.3. The van der Waals surface area contributed by atoms with Crippen LogP contribution in [0.2, 0.25) is 0 Å². The summed E-state index contributed by atoms with van der Waals surface area (Å²) in [6.07, 6.45) is 5.32. The number of nitrogens with zero attached hydrogens (tertiary/aromatic N) is 1. The van der Waals surface area contributed by atoms with Crippen LogP contribution >= 0.6 is 11.9 Å². The van der Waals surface area contributed by atoms with Crippen molar-refractivity contribution in [3.63, 3.8) is 0 Å². The van der Waals surface area contributed by atoms with Crippen LogP contribution in [0.25, 0.3) is 11.1 Å². The molecule has 6 rings (SSSR count). The number of carbonyl (C=O) groups is 1. The maximum absolute atomic E-state index is 15.2. The van der Waals surface area contributed by atoms with Crippen LogP contribution in [-0.4, -0.2) is 48.3 Å². The zero-order valence-electron chi connectivity index (χ0n) is 20.6. The average molecular weight is 505 g/mol. The number of aldehydes is 1. The van der Waals surface area contributed by atoms with Gasteiger partial charge in [0.05, 0.1) is 6.04 Å². The number of nitrogens with one attached hydrogen (secondary N) is 1. The number of halogens is 3. The van der Waals surface area contributed by atoms with E-state index >= 15 is 4.39 Å². The van der Waals surface area contributed by atoms with Crippen LogP contribution in [0.5, 0.6) is 0 Å². The summed E-state index contributed by atoms with van der Waals surface area (Å²) >= 11 is 1.61. The van der Waals surface area contributed by atoms with Gasteiger partial charge in [0, 0.05) is 28.8 Å². The third-order valence-corrected chi connectivity index (χ3v) is 8.56. The zero-order valence-corrected chi connectivity index (χ0v) is 21.5. The van der Waals surface area contributed by atoms with Crippen molar-refractivity contribution in [2.75, 3.05) is 13.6 Å². The van der Waals surface area contributed by atoms with Gasteiger partial charge in [0.25, 0.3) is 0 Å². The molecule has 3 nitrogen and oxygen atoms in total. The summed E-state index contributed by atoms with van der Waals surface area (Å²) in [6.45, 7) is 4.35. The van der Waals surface area contributed by atoms with Crippen LogP contribution in [0.3, 0.4) is 0 Å². The van der Waals surface area contributed by atoms with Crippen LogP contribution in [0.1, 0.15) is 45.1 Å². The standard InChI is InChI=1S/C21H23F3N2S.C5H6O.C2H6/c1-26-12-18(23)21(25-27-16-8-9-16)19(26)11-14-5-3-7-17(20(14)24)13-4-2-6-15(22)10-13;6-3-5-1-4(5)2-5;1-2/h2-7,10,16,18-19,21,25H,8-9,11-12H2,1H3;3-4H,1-2H2;1-2H3. The smallest absolute Gasteiger partial charge is 0.134 e. The first-order valence-corrected chi connectivity index (χ1v) is 13.5. The van der Waals surface area contributed by atoms with Crippen molar-refractivity contribution < 1.29 is 18.0 Å². The van der Waals surface area contributed by atoms with Crippen molar-refractivity contribution in [3.05, 3.63) is 59.7 Å². The molecule has 7 heteroatoms. The van der Waals surface area contributed by atoms with Gasteiger partial charge < -0.3 is 4.79 Å². The molecule has 0 amide bonds. The highest BCUT2D eigenvalue weighted by Gasteiger charge is 2.69. The predicted molar refractivity (Wildman–Crippen MR) is 137 cm³/mol. The number of alkyl halides is 1. The molecule has 3 unspecified atom stereocenters. The van der Waals surface area contributed by atoms with E-state index in [1.165, 1.54) is 37.8 Å². The Labute approximate surface area is 211 Å². The summed E-state index contributed by atoms with van der Waals surface area (Å²) in [5.74, 6) is 0.0943. The number of likely N-dealkylation sites (N-methyl/N-ethyl adjacent to an activating group) is 1. The molecule has 35 heavy (non-hydrogen) atoms. The molecule has 1 aliphatic heterocycles. The monoisotopic (exact) mass is 504 g/mol. The second-order valence-electron chi connectivity index (χ2n) is 9.93. The van der Waals surface area contributed by atoms with Crippen molar-refractivity contribution in [2.24, 2.45) is 11.3 Å². The molecular formula is C28H35F3N2OS. The molecule has 190 valence electrons. The Morgan fingerprint density at radius 3 is 2.40 bits per heavy atom. The number of rotatable bonds is 7. The Kier molecular flexibility index (Phi) is 8.29. The Balaban J connectivity index is 0.000000306. The van der Waals surface area contributed by atoms with E-state index in [1.54, 1.807) is 42.3 Å². The van der Waals surface area contributed by atoms with Gasteiger partial charge in [-0.25, -0.2) is 13.2 Å². The second kappa shape index (κ2) is 11.1. The van der Waals surface area contributed by atoms with E-state index in [1.807, 2.05) is 25.8 Å². The molecule has 0 spiro atoms. The molecule has 3 saturated carbocycles. The van der Waals surface area contributed by atoms with Crippen molar-refractivity contribution in [2.45, 2.75) is 69.5 Å². The molecule has 1 heterocycles. The quantitative estimate of drug-likeness (QED) is 0.359. The molecule has 0 aromatic heterocycles. The highest BCUT2D eigenvalue weighted by Crippen LogP contribution is 2.73. The molecule has 0 radical (unpaired) electrons. The van der Waals surface area contributed by atoms with E-state index in [4.69, 9.17) is 0 Å². The summed E-state index contributed by atoms with van der Waals surface area (Å²) in [5, 5.41) is 0.580. The highest BCUT2D eigenvalue weighted by atomic mass is 32.2. The van der Waals surface area contributed by atoms with E-state index < -0.39 is 12.0 Å². The topological polar surface area (TPSA) is 32.3 Å². The predicted octanol–water partition coefficient (Wildman–Crippen LogP) is 6.22. The van der Waals surface area contributed by atoms with Crippen LogP contribution in [0.4, 0.5) is 13.2 Å². The molecule has 1 N–H and O–H groups in total. The van der Waals surface area contributed by atoms with Crippen LogP contribution in [0.15, 0.2) is 42.5 Å².